The van der Waals surface area contributed by atoms with Gasteiger partial charge in [-0.15, -0.1) is 0 Å². The van der Waals surface area contributed by atoms with E-state index in [9.17, 15) is 0 Å². The van der Waals surface area contributed by atoms with Gasteiger partial charge in [-0.3, -0.25) is 0 Å². The highest BCUT2D eigenvalue weighted by Crippen LogP contribution is 2.36. The van der Waals surface area contributed by atoms with Crippen LogP contribution in [-0.2, 0) is 0 Å². The van der Waals surface area contributed by atoms with Crippen LogP contribution in [0.1, 0.15) is 33.1 Å². The van der Waals surface area contributed by atoms with Crippen molar-refractivity contribution in [2.24, 2.45) is 11.8 Å². The van der Waals surface area contributed by atoms with Crippen LogP contribution in [0.4, 0.5) is 11.8 Å². The van der Waals surface area contributed by atoms with E-state index in [0.717, 1.165) is 22.6 Å². The Morgan fingerprint density at radius 1 is 1.25 bits per heavy atom. The molecule has 0 amide bonds. The van der Waals surface area contributed by atoms with E-state index in [1.165, 1.54) is 19.3 Å². The third kappa shape index (κ3) is 2.30. The summed E-state index contributed by atoms with van der Waals surface area (Å²) in [5.41, 5.74) is 6.73. The quantitative estimate of drug-likeness (QED) is 0.896. The number of nitrogens with one attached hydrogen (secondary N) is 1. The summed E-state index contributed by atoms with van der Waals surface area (Å²) in [5, 5.41) is 4.66. The zero-order valence-electron chi connectivity index (χ0n) is 12.1. The molecule has 0 aliphatic heterocycles. The average molecular weight is 270 g/mol. The molecule has 1 aliphatic rings. The summed E-state index contributed by atoms with van der Waals surface area (Å²) in [6.07, 6.45) is 3.76. The summed E-state index contributed by atoms with van der Waals surface area (Å²) in [6.45, 7) is 4.62. The maximum Gasteiger partial charge on any atom is 0.222 e. The standard InChI is InChI=1S/C16H22N4/c1-3-11-8-9-13(10(11)2)18-15-12-6-4-5-7-14(12)19-16(17)20-15/h4-7,10-11,13H,3,8-9H2,1-2H3,(H3,17,18,19,20). The number of hydrogen-bond donors (Lipinski definition) is 2. The largest absolute Gasteiger partial charge is 0.368 e. The summed E-state index contributed by atoms with van der Waals surface area (Å²) in [7, 11) is 0. The minimum Gasteiger partial charge on any atom is -0.368 e. The van der Waals surface area contributed by atoms with Crippen LogP contribution >= 0.6 is 0 Å². The Balaban J connectivity index is 1.91. The molecule has 20 heavy (non-hydrogen) atoms. The number of aromatic nitrogens is 2. The van der Waals surface area contributed by atoms with Gasteiger partial charge in [0.15, 0.2) is 0 Å². The molecule has 3 unspecified atom stereocenters. The fourth-order valence-electron chi connectivity index (χ4n) is 3.41. The molecule has 3 rings (SSSR count). The molecule has 4 heteroatoms. The number of hydrogen-bond acceptors (Lipinski definition) is 4. The van der Waals surface area contributed by atoms with Gasteiger partial charge < -0.3 is 11.1 Å². The smallest absolute Gasteiger partial charge is 0.222 e. The Morgan fingerprint density at radius 2 is 2.05 bits per heavy atom. The second kappa shape index (κ2) is 5.27. The second-order valence-electron chi connectivity index (χ2n) is 5.80. The van der Waals surface area contributed by atoms with E-state index >= 15 is 0 Å². The molecule has 1 aromatic carbocycles. The van der Waals surface area contributed by atoms with Crippen LogP contribution in [-0.4, -0.2) is 16.0 Å². The maximum atomic E-state index is 5.82. The van der Waals surface area contributed by atoms with Crippen molar-refractivity contribution in [1.29, 1.82) is 0 Å². The van der Waals surface area contributed by atoms with Crippen molar-refractivity contribution in [1.82, 2.24) is 9.97 Å². The highest BCUT2D eigenvalue weighted by atomic mass is 15.1. The number of nitrogen functional groups attached to an aromatic ring is 1. The lowest BCUT2D eigenvalue weighted by Crippen LogP contribution is -2.25. The molecule has 1 aromatic heterocycles. The fraction of sp³-hybridized carbons (Fsp3) is 0.500. The van der Waals surface area contributed by atoms with Crippen molar-refractivity contribution >= 4 is 22.7 Å². The highest BCUT2D eigenvalue weighted by molar-refractivity contribution is 5.89. The van der Waals surface area contributed by atoms with Crippen molar-refractivity contribution in [2.45, 2.75) is 39.2 Å². The van der Waals surface area contributed by atoms with E-state index < -0.39 is 0 Å². The van der Waals surface area contributed by atoms with Crippen molar-refractivity contribution < 1.29 is 0 Å². The molecule has 1 aliphatic carbocycles. The van der Waals surface area contributed by atoms with Gasteiger partial charge in [0.1, 0.15) is 5.82 Å². The first-order chi connectivity index (χ1) is 9.69. The van der Waals surface area contributed by atoms with Gasteiger partial charge in [-0.25, -0.2) is 4.98 Å². The number of para-hydroxylation sites is 1. The maximum absolute atomic E-state index is 5.82. The molecule has 0 radical (unpaired) electrons. The molecule has 0 bridgehead atoms. The second-order valence-corrected chi connectivity index (χ2v) is 5.80. The monoisotopic (exact) mass is 270 g/mol. The third-order valence-electron chi connectivity index (χ3n) is 4.69. The zero-order chi connectivity index (χ0) is 14.1. The molecule has 4 nitrogen and oxygen atoms in total. The van der Waals surface area contributed by atoms with E-state index in [2.05, 4.69) is 29.1 Å². The van der Waals surface area contributed by atoms with Crippen molar-refractivity contribution in [2.75, 3.05) is 11.1 Å². The Bertz CT molecular complexity index is 610. The molecular weight excluding hydrogens is 248 g/mol. The lowest BCUT2D eigenvalue weighted by Gasteiger charge is -2.22. The summed E-state index contributed by atoms with van der Waals surface area (Å²) >= 11 is 0. The first-order valence-corrected chi connectivity index (χ1v) is 7.47. The van der Waals surface area contributed by atoms with E-state index in [-0.39, 0.29) is 0 Å². The van der Waals surface area contributed by atoms with Gasteiger partial charge in [-0.1, -0.05) is 32.4 Å². The number of benzene rings is 1. The van der Waals surface area contributed by atoms with Crippen LogP contribution in [0.5, 0.6) is 0 Å². The average Bonchev–Trinajstić information content (AvgIpc) is 2.79. The van der Waals surface area contributed by atoms with Crippen LogP contribution in [0, 0.1) is 11.8 Å². The normalized spacial score (nSPS) is 26.0. The Kier molecular flexibility index (Phi) is 3.47. The number of nitrogens with two attached hydrogens (primary N) is 1. The molecule has 3 N–H and O–H groups in total. The molecule has 2 aromatic rings. The van der Waals surface area contributed by atoms with Gasteiger partial charge in [0.25, 0.3) is 0 Å². The predicted molar refractivity (Wildman–Crippen MR) is 83.5 cm³/mol. The number of nitrogens with zero attached hydrogens (tertiary/aromatic N) is 2. The molecule has 3 atom stereocenters. The van der Waals surface area contributed by atoms with E-state index in [0.29, 0.717) is 17.9 Å². The molecule has 1 fully saturated rings. The molecular formula is C16H22N4. The fourth-order valence-corrected chi connectivity index (χ4v) is 3.41. The minimum atomic E-state index is 0.337. The van der Waals surface area contributed by atoms with E-state index in [1.807, 2.05) is 24.3 Å². The van der Waals surface area contributed by atoms with Crippen LogP contribution in [0.2, 0.25) is 0 Å². The Hall–Kier alpha value is -1.84. The van der Waals surface area contributed by atoms with Crippen molar-refractivity contribution in [3.63, 3.8) is 0 Å². The molecule has 0 saturated heterocycles. The SMILES string of the molecule is CCC1CCC(Nc2nc(N)nc3ccccc23)C1C. The van der Waals surface area contributed by atoms with Crippen molar-refractivity contribution in [3.8, 4) is 0 Å². The van der Waals surface area contributed by atoms with Gasteiger partial charge in [0, 0.05) is 11.4 Å². The van der Waals surface area contributed by atoms with E-state index in [4.69, 9.17) is 5.73 Å². The number of rotatable bonds is 3. The lowest BCUT2D eigenvalue weighted by atomic mass is 9.93. The molecule has 106 valence electrons. The lowest BCUT2D eigenvalue weighted by molar-refractivity contribution is 0.391. The van der Waals surface area contributed by atoms with Crippen molar-refractivity contribution in [3.05, 3.63) is 24.3 Å². The summed E-state index contributed by atoms with van der Waals surface area (Å²) in [4.78, 5) is 8.69. The van der Waals surface area contributed by atoms with Crippen LogP contribution in [0.3, 0.4) is 0 Å². The number of fused-ring (bicyclic) bond motifs is 1. The topological polar surface area (TPSA) is 63.8 Å². The van der Waals surface area contributed by atoms with E-state index in [1.54, 1.807) is 0 Å². The van der Waals surface area contributed by atoms with Crippen LogP contribution in [0.15, 0.2) is 24.3 Å². The zero-order valence-corrected chi connectivity index (χ0v) is 12.1. The molecule has 0 spiro atoms. The third-order valence-corrected chi connectivity index (χ3v) is 4.69. The predicted octanol–water partition coefficient (Wildman–Crippen LogP) is 3.45. The molecule has 1 saturated carbocycles. The van der Waals surface area contributed by atoms with Gasteiger partial charge >= 0.3 is 0 Å². The van der Waals surface area contributed by atoms with Crippen LogP contribution in [0.25, 0.3) is 10.9 Å². The van der Waals surface area contributed by atoms with Gasteiger partial charge in [0.05, 0.1) is 5.52 Å². The Morgan fingerprint density at radius 3 is 2.80 bits per heavy atom. The van der Waals surface area contributed by atoms with Gasteiger partial charge in [0.2, 0.25) is 5.95 Å². The summed E-state index contributed by atoms with van der Waals surface area (Å²) in [5.74, 6) is 2.71. The summed E-state index contributed by atoms with van der Waals surface area (Å²) < 4.78 is 0. The van der Waals surface area contributed by atoms with Gasteiger partial charge in [-0.2, -0.15) is 4.98 Å². The first-order valence-electron chi connectivity index (χ1n) is 7.47. The number of anilines is 2. The summed E-state index contributed by atoms with van der Waals surface area (Å²) in [6, 6.07) is 8.50. The van der Waals surface area contributed by atoms with Gasteiger partial charge in [-0.05, 0) is 36.8 Å². The highest BCUT2D eigenvalue weighted by Gasteiger charge is 2.31. The Labute approximate surface area is 119 Å². The molecule has 1 heterocycles. The minimum absolute atomic E-state index is 0.337. The first kappa shape index (κ1) is 13.2. The van der Waals surface area contributed by atoms with Crippen LogP contribution < -0.4 is 11.1 Å².